The SMILES string of the molecule is CC(c1ccccn1)C(Br)c1ccco1. The molecular formula is C12H12BrNO. The first kappa shape index (κ1) is 10.4. The van der Waals surface area contributed by atoms with E-state index >= 15 is 0 Å². The maximum atomic E-state index is 5.36. The van der Waals surface area contributed by atoms with Gasteiger partial charge >= 0.3 is 0 Å². The van der Waals surface area contributed by atoms with Gasteiger partial charge in [-0.15, -0.1) is 0 Å². The lowest BCUT2D eigenvalue weighted by molar-refractivity contribution is 0.488. The van der Waals surface area contributed by atoms with E-state index in [0.29, 0.717) is 0 Å². The molecule has 0 aliphatic heterocycles. The molecule has 0 saturated carbocycles. The van der Waals surface area contributed by atoms with Crippen molar-refractivity contribution in [2.75, 3.05) is 0 Å². The van der Waals surface area contributed by atoms with Crippen LogP contribution in [-0.4, -0.2) is 4.98 Å². The molecule has 0 aliphatic carbocycles. The molecule has 0 aliphatic rings. The van der Waals surface area contributed by atoms with E-state index in [2.05, 4.69) is 27.8 Å². The summed E-state index contributed by atoms with van der Waals surface area (Å²) in [5, 5.41) is 0. The van der Waals surface area contributed by atoms with Crippen LogP contribution in [0.2, 0.25) is 0 Å². The Kier molecular flexibility index (Phi) is 3.21. The Morgan fingerprint density at radius 3 is 2.73 bits per heavy atom. The molecule has 2 aromatic rings. The molecule has 0 amide bonds. The highest BCUT2D eigenvalue weighted by Gasteiger charge is 2.20. The van der Waals surface area contributed by atoms with Gasteiger partial charge in [-0.25, -0.2) is 0 Å². The standard InChI is InChI=1S/C12H12BrNO/c1-9(10-5-2-3-7-14-10)12(13)11-6-4-8-15-11/h2-9,12H,1H3. The summed E-state index contributed by atoms with van der Waals surface area (Å²) in [7, 11) is 0. The Hall–Kier alpha value is -1.09. The first-order valence-electron chi connectivity index (χ1n) is 4.87. The quantitative estimate of drug-likeness (QED) is 0.787. The molecule has 0 bridgehead atoms. The maximum absolute atomic E-state index is 5.36. The van der Waals surface area contributed by atoms with Crippen LogP contribution in [0, 0.1) is 0 Å². The molecule has 0 aromatic carbocycles. The molecular weight excluding hydrogens is 254 g/mol. The van der Waals surface area contributed by atoms with Crippen LogP contribution in [0.25, 0.3) is 0 Å². The molecule has 78 valence electrons. The second kappa shape index (κ2) is 4.62. The summed E-state index contributed by atoms with van der Waals surface area (Å²) in [6.45, 7) is 2.13. The van der Waals surface area contributed by atoms with E-state index in [1.165, 1.54) is 0 Å². The van der Waals surface area contributed by atoms with E-state index in [1.807, 2.05) is 36.5 Å². The summed E-state index contributed by atoms with van der Waals surface area (Å²) in [6.07, 6.45) is 3.50. The highest BCUT2D eigenvalue weighted by molar-refractivity contribution is 9.09. The zero-order valence-corrected chi connectivity index (χ0v) is 10.0. The molecule has 3 heteroatoms. The fourth-order valence-corrected chi connectivity index (χ4v) is 2.02. The van der Waals surface area contributed by atoms with Crippen molar-refractivity contribution in [3.63, 3.8) is 0 Å². The summed E-state index contributed by atoms with van der Waals surface area (Å²) in [5.74, 6) is 1.23. The number of hydrogen-bond donors (Lipinski definition) is 0. The smallest absolute Gasteiger partial charge is 0.118 e. The molecule has 2 unspecified atom stereocenters. The van der Waals surface area contributed by atoms with E-state index in [9.17, 15) is 0 Å². The molecule has 2 aromatic heterocycles. The van der Waals surface area contributed by atoms with Crippen LogP contribution >= 0.6 is 15.9 Å². The third-order valence-corrected chi connectivity index (χ3v) is 3.65. The van der Waals surface area contributed by atoms with Crippen molar-refractivity contribution in [1.82, 2.24) is 4.98 Å². The van der Waals surface area contributed by atoms with Crippen LogP contribution in [0.1, 0.15) is 29.1 Å². The zero-order chi connectivity index (χ0) is 10.7. The minimum absolute atomic E-state index is 0.169. The second-order valence-corrected chi connectivity index (χ2v) is 4.45. The molecule has 0 fully saturated rings. The van der Waals surface area contributed by atoms with Crippen molar-refractivity contribution in [3.05, 3.63) is 54.2 Å². The van der Waals surface area contributed by atoms with Crippen molar-refractivity contribution in [2.45, 2.75) is 17.7 Å². The molecule has 0 saturated heterocycles. The summed E-state index contributed by atoms with van der Waals surface area (Å²) >= 11 is 3.63. The third kappa shape index (κ3) is 2.29. The monoisotopic (exact) mass is 265 g/mol. The van der Waals surface area contributed by atoms with Crippen molar-refractivity contribution in [3.8, 4) is 0 Å². The van der Waals surface area contributed by atoms with E-state index in [-0.39, 0.29) is 10.7 Å². The van der Waals surface area contributed by atoms with Gasteiger partial charge in [0.15, 0.2) is 0 Å². The highest BCUT2D eigenvalue weighted by atomic mass is 79.9. The van der Waals surface area contributed by atoms with Gasteiger partial charge < -0.3 is 4.42 Å². The Morgan fingerprint density at radius 1 is 1.27 bits per heavy atom. The van der Waals surface area contributed by atoms with Gasteiger partial charge in [0.05, 0.1) is 11.1 Å². The molecule has 2 nitrogen and oxygen atoms in total. The van der Waals surface area contributed by atoms with Crippen LogP contribution in [0.4, 0.5) is 0 Å². The molecule has 15 heavy (non-hydrogen) atoms. The van der Waals surface area contributed by atoms with Gasteiger partial charge in [0.1, 0.15) is 5.76 Å². The summed E-state index contributed by atoms with van der Waals surface area (Å²) < 4.78 is 5.36. The van der Waals surface area contributed by atoms with Crippen molar-refractivity contribution >= 4 is 15.9 Å². The summed E-state index contributed by atoms with van der Waals surface area (Å²) in [6, 6.07) is 9.82. The van der Waals surface area contributed by atoms with E-state index in [4.69, 9.17) is 4.42 Å². The lowest BCUT2D eigenvalue weighted by Crippen LogP contribution is -2.02. The van der Waals surface area contributed by atoms with Gasteiger partial charge in [-0.1, -0.05) is 28.9 Å². The Bertz CT molecular complexity index is 399. The van der Waals surface area contributed by atoms with Gasteiger partial charge in [-0.3, -0.25) is 4.98 Å². The minimum atomic E-state index is 0.169. The number of halogens is 1. The van der Waals surface area contributed by atoms with Gasteiger partial charge in [0.2, 0.25) is 0 Å². The van der Waals surface area contributed by atoms with Crippen LogP contribution in [0.3, 0.4) is 0 Å². The topological polar surface area (TPSA) is 26.0 Å². The predicted octanol–water partition coefficient (Wildman–Crippen LogP) is 3.91. The van der Waals surface area contributed by atoms with E-state index < -0.39 is 0 Å². The second-order valence-electron chi connectivity index (χ2n) is 3.46. The number of pyridine rings is 1. The summed E-state index contributed by atoms with van der Waals surface area (Å²) in [5.41, 5.74) is 1.07. The van der Waals surface area contributed by atoms with Crippen molar-refractivity contribution in [1.29, 1.82) is 0 Å². The van der Waals surface area contributed by atoms with Crippen molar-refractivity contribution < 1.29 is 4.42 Å². The largest absolute Gasteiger partial charge is 0.468 e. The van der Waals surface area contributed by atoms with Crippen LogP contribution in [-0.2, 0) is 0 Å². The average molecular weight is 266 g/mol. The minimum Gasteiger partial charge on any atom is -0.468 e. The fourth-order valence-electron chi connectivity index (χ4n) is 1.49. The number of aromatic nitrogens is 1. The summed E-state index contributed by atoms with van der Waals surface area (Å²) in [4.78, 5) is 4.51. The molecule has 0 spiro atoms. The molecule has 2 rings (SSSR count). The Labute approximate surface area is 97.5 Å². The predicted molar refractivity (Wildman–Crippen MR) is 63.0 cm³/mol. The Balaban J connectivity index is 2.18. The maximum Gasteiger partial charge on any atom is 0.118 e. The average Bonchev–Trinajstić information content (AvgIpc) is 2.82. The first-order valence-corrected chi connectivity index (χ1v) is 5.79. The van der Waals surface area contributed by atoms with Gasteiger partial charge in [0.25, 0.3) is 0 Å². The lowest BCUT2D eigenvalue weighted by atomic mass is 10.0. The first-order chi connectivity index (χ1) is 7.29. The van der Waals surface area contributed by atoms with Crippen LogP contribution in [0.5, 0.6) is 0 Å². The number of nitrogens with zero attached hydrogens (tertiary/aromatic N) is 1. The molecule has 0 radical (unpaired) electrons. The molecule has 2 atom stereocenters. The number of hydrogen-bond acceptors (Lipinski definition) is 2. The van der Waals surface area contributed by atoms with Crippen molar-refractivity contribution in [2.24, 2.45) is 0 Å². The fraction of sp³-hybridized carbons (Fsp3) is 0.250. The number of alkyl halides is 1. The number of rotatable bonds is 3. The van der Waals surface area contributed by atoms with Crippen LogP contribution < -0.4 is 0 Å². The molecule has 0 N–H and O–H groups in total. The molecule has 2 heterocycles. The highest BCUT2D eigenvalue weighted by Crippen LogP contribution is 2.36. The van der Waals surface area contributed by atoms with Gasteiger partial charge in [0, 0.05) is 17.8 Å². The van der Waals surface area contributed by atoms with Gasteiger partial charge in [-0.05, 0) is 24.3 Å². The number of furan rings is 1. The Morgan fingerprint density at radius 2 is 2.13 bits per heavy atom. The van der Waals surface area contributed by atoms with E-state index in [0.717, 1.165) is 11.5 Å². The van der Waals surface area contributed by atoms with Gasteiger partial charge in [-0.2, -0.15) is 0 Å². The van der Waals surface area contributed by atoms with E-state index in [1.54, 1.807) is 6.26 Å². The lowest BCUT2D eigenvalue weighted by Gasteiger charge is -2.15. The normalized spacial score (nSPS) is 14.8. The zero-order valence-electron chi connectivity index (χ0n) is 8.43. The third-order valence-electron chi connectivity index (χ3n) is 2.41. The van der Waals surface area contributed by atoms with Crippen LogP contribution in [0.15, 0.2) is 47.2 Å².